The van der Waals surface area contributed by atoms with Gasteiger partial charge in [0.05, 0.1) is 18.8 Å². The van der Waals surface area contributed by atoms with E-state index in [1.54, 1.807) is 42.5 Å². The molecule has 0 saturated carbocycles. The van der Waals surface area contributed by atoms with Gasteiger partial charge in [0.25, 0.3) is 0 Å². The lowest BCUT2D eigenvalue weighted by Crippen LogP contribution is -1.97. The molecule has 0 aliphatic rings. The lowest BCUT2D eigenvalue weighted by Gasteiger charge is -2.12. The van der Waals surface area contributed by atoms with E-state index in [1.165, 1.54) is 13.2 Å². The number of methoxy groups -OCH3 is 1. The quantitative estimate of drug-likeness (QED) is 0.387. The summed E-state index contributed by atoms with van der Waals surface area (Å²) in [5.41, 5.74) is 1.14. The van der Waals surface area contributed by atoms with Gasteiger partial charge in [0, 0.05) is 10.0 Å². The minimum atomic E-state index is -0.445. The van der Waals surface area contributed by atoms with Gasteiger partial charge in [-0.25, -0.2) is 4.39 Å². The fourth-order valence-corrected chi connectivity index (χ4v) is 2.52. The molecule has 0 atom stereocenters. The second kappa shape index (κ2) is 8.32. The minimum absolute atomic E-state index is 0.218. The number of halogens is 2. The van der Waals surface area contributed by atoms with Gasteiger partial charge in [-0.15, -0.1) is 0 Å². The van der Waals surface area contributed by atoms with Crippen molar-refractivity contribution in [2.24, 2.45) is 0 Å². The van der Waals surface area contributed by atoms with Crippen molar-refractivity contribution in [3.63, 3.8) is 0 Å². The number of allylic oxidation sites excluding steroid dienone is 1. The number of nitrogens with zero attached hydrogens (tertiary/aromatic N) is 1. The highest BCUT2D eigenvalue weighted by Crippen LogP contribution is 2.35. The maximum atomic E-state index is 13.9. The van der Waals surface area contributed by atoms with Gasteiger partial charge >= 0.3 is 0 Å². The third kappa shape index (κ3) is 4.03. The second-order valence-electron chi connectivity index (χ2n) is 4.77. The maximum absolute atomic E-state index is 13.9. The highest BCUT2D eigenvalue weighted by molar-refractivity contribution is 9.10. The molecule has 0 N–H and O–H groups in total. The van der Waals surface area contributed by atoms with E-state index >= 15 is 0 Å². The Hall–Kier alpha value is -2.58. The van der Waals surface area contributed by atoms with E-state index in [-0.39, 0.29) is 11.1 Å². The molecule has 0 radical (unpaired) electrons. The van der Waals surface area contributed by atoms with Crippen LogP contribution in [0.5, 0.6) is 11.5 Å². The van der Waals surface area contributed by atoms with E-state index in [0.29, 0.717) is 28.1 Å². The van der Waals surface area contributed by atoms with Crippen molar-refractivity contribution in [3.05, 3.63) is 70.5 Å². The van der Waals surface area contributed by atoms with E-state index in [1.807, 2.05) is 6.07 Å². The fourth-order valence-electron chi connectivity index (χ4n) is 2.09. The molecule has 3 nitrogen and oxygen atoms in total. The van der Waals surface area contributed by atoms with Crippen LogP contribution in [-0.2, 0) is 0 Å². The van der Waals surface area contributed by atoms with Crippen LogP contribution in [0.1, 0.15) is 11.1 Å². The Labute approximate surface area is 148 Å². The zero-order valence-electron chi connectivity index (χ0n) is 13.1. The molecular formula is C19H15BrFNO2. The molecule has 122 valence electrons. The van der Waals surface area contributed by atoms with Crippen molar-refractivity contribution < 1.29 is 13.9 Å². The zero-order valence-corrected chi connectivity index (χ0v) is 14.6. The summed E-state index contributed by atoms with van der Waals surface area (Å²) in [5.74, 6) is 0.613. The molecule has 0 aliphatic heterocycles. The molecule has 0 heterocycles. The molecule has 0 amide bonds. The van der Waals surface area contributed by atoms with Crippen LogP contribution in [-0.4, -0.2) is 13.7 Å². The third-order valence-corrected chi connectivity index (χ3v) is 3.91. The first-order valence-corrected chi connectivity index (χ1v) is 7.88. The lowest BCUT2D eigenvalue weighted by atomic mass is 10.0. The number of hydrogen-bond donors (Lipinski definition) is 0. The van der Waals surface area contributed by atoms with Gasteiger partial charge < -0.3 is 9.47 Å². The first-order valence-electron chi connectivity index (χ1n) is 7.08. The van der Waals surface area contributed by atoms with E-state index in [2.05, 4.69) is 22.5 Å². The average molecular weight is 388 g/mol. The van der Waals surface area contributed by atoms with Crippen LogP contribution >= 0.6 is 15.9 Å². The molecule has 0 aromatic heterocycles. The van der Waals surface area contributed by atoms with E-state index in [4.69, 9.17) is 9.47 Å². The van der Waals surface area contributed by atoms with Crippen LogP contribution in [0.15, 0.2) is 53.5 Å². The number of nitriles is 1. The van der Waals surface area contributed by atoms with Crippen LogP contribution < -0.4 is 9.47 Å². The average Bonchev–Trinajstić information content (AvgIpc) is 2.59. The molecule has 2 rings (SSSR count). The van der Waals surface area contributed by atoms with Crippen LogP contribution in [0.2, 0.25) is 0 Å². The van der Waals surface area contributed by atoms with E-state index < -0.39 is 5.82 Å². The van der Waals surface area contributed by atoms with Gasteiger partial charge in [0.1, 0.15) is 12.4 Å². The number of benzene rings is 2. The number of hydrogen-bond acceptors (Lipinski definition) is 3. The summed E-state index contributed by atoms with van der Waals surface area (Å²) in [4.78, 5) is 0. The molecule has 2 aromatic rings. The Balaban J connectivity index is 2.49. The topological polar surface area (TPSA) is 42.2 Å². The predicted octanol–water partition coefficient (Wildman–Crippen LogP) is 5.23. The van der Waals surface area contributed by atoms with Crippen molar-refractivity contribution >= 4 is 27.6 Å². The summed E-state index contributed by atoms with van der Waals surface area (Å²) in [6.45, 7) is 3.95. The van der Waals surface area contributed by atoms with Crippen LogP contribution in [0.3, 0.4) is 0 Å². The largest absolute Gasteiger partial charge is 0.493 e. The summed E-state index contributed by atoms with van der Waals surface area (Å²) in [6.07, 6.45) is 3.23. The van der Waals surface area contributed by atoms with Crippen molar-refractivity contribution in [1.82, 2.24) is 0 Å². The Morgan fingerprint density at radius 2 is 2.08 bits per heavy atom. The Morgan fingerprint density at radius 1 is 1.33 bits per heavy atom. The van der Waals surface area contributed by atoms with Crippen molar-refractivity contribution in [2.45, 2.75) is 0 Å². The summed E-state index contributed by atoms with van der Waals surface area (Å²) in [5, 5.41) is 9.39. The standard InChI is InChI=1S/C19H15BrFNO2/c1-3-8-24-19-11-16(20)13(10-18(19)23-2)9-14(12-22)15-6-4-5-7-17(15)21/h3-7,9-11H,1,8H2,2H3/b14-9+. The van der Waals surface area contributed by atoms with Gasteiger partial charge in [-0.2, -0.15) is 5.26 Å². The molecular weight excluding hydrogens is 373 g/mol. The molecule has 0 unspecified atom stereocenters. The molecule has 0 aliphatic carbocycles. The summed E-state index contributed by atoms with van der Waals surface area (Å²) in [7, 11) is 1.53. The van der Waals surface area contributed by atoms with Crippen LogP contribution in [0, 0.1) is 17.1 Å². The van der Waals surface area contributed by atoms with Gasteiger partial charge in [0.2, 0.25) is 0 Å². The minimum Gasteiger partial charge on any atom is -0.493 e. The number of ether oxygens (including phenoxy) is 2. The Bertz CT molecular complexity index is 825. The molecule has 24 heavy (non-hydrogen) atoms. The number of rotatable bonds is 6. The molecule has 0 saturated heterocycles. The second-order valence-corrected chi connectivity index (χ2v) is 5.63. The monoisotopic (exact) mass is 387 g/mol. The molecule has 0 bridgehead atoms. The van der Waals surface area contributed by atoms with Gasteiger partial charge in [-0.05, 0) is 29.8 Å². The van der Waals surface area contributed by atoms with E-state index in [0.717, 1.165) is 0 Å². The van der Waals surface area contributed by atoms with Gasteiger partial charge in [-0.3, -0.25) is 0 Å². The highest BCUT2D eigenvalue weighted by atomic mass is 79.9. The van der Waals surface area contributed by atoms with Crippen LogP contribution in [0.25, 0.3) is 11.6 Å². The predicted molar refractivity (Wildman–Crippen MR) is 96.3 cm³/mol. The zero-order chi connectivity index (χ0) is 17.5. The molecule has 2 aromatic carbocycles. The summed E-state index contributed by atoms with van der Waals surface area (Å²) >= 11 is 3.44. The van der Waals surface area contributed by atoms with Crippen LogP contribution in [0.4, 0.5) is 4.39 Å². The maximum Gasteiger partial charge on any atom is 0.162 e. The Kier molecular flexibility index (Phi) is 6.16. The summed E-state index contributed by atoms with van der Waals surface area (Å²) in [6, 6.07) is 11.7. The van der Waals surface area contributed by atoms with Gasteiger partial charge in [-0.1, -0.05) is 46.8 Å². The molecule has 0 fully saturated rings. The summed E-state index contributed by atoms with van der Waals surface area (Å²) < 4.78 is 25.5. The van der Waals surface area contributed by atoms with Crippen molar-refractivity contribution in [2.75, 3.05) is 13.7 Å². The lowest BCUT2D eigenvalue weighted by molar-refractivity contribution is 0.326. The van der Waals surface area contributed by atoms with Crippen molar-refractivity contribution in [3.8, 4) is 17.6 Å². The first-order chi connectivity index (χ1) is 11.6. The Morgan fingerprint density at radius 3 is 2.71 bits per heavy atom. The molecule has 0 spiro atoms. The third-order valence-electron chi connectivity index (χ3n) is 3.22. The fraction of sp³-hybridized carbons (Fsp3) is 0.105. The van der Waals surface area contributed by atoms with Crippen molar-refractivity contribution in [1.29, 1.82) is 5.26 Å². The highest BCUT2D eigenvalue weighted by Gasteiger charge is 2.12. The van der Waals surface area contributed by atoms with Gasteiger partial charge in [0.15, 0.2) is 11.5 Å². The SMILES string of the molecule is C=CCOc1cc(Br)c(/C=C(\C#N)c2ccccc2F)cc1OC. The normalized spacial score (nSPS) is 10.8. The smallest absolute Gasteiger partial charge is 0.162 e. The first kappa shape index (κ1) is 17.8. The molecule has 5 heteroatoms. The van der Waals surface area contributed by atoms with E-state index in [9.17, 15) is 9.65 Å².